The van der Waals surface area contributed by atoms with Gasteiger partial charge in [0.05, 0.1) is 0 Å². The summed E-state index contributed by atoms with van der Waals surface area (Å²) in [4.78, 5) is 31.6. The maximum atomic E-state index is 10.7. The average molecular weight is 172 g/mol. The zero-order chi connectivity index (χ0) is 9.72. The smallest absolute Gasteiger partial charge is 0.314 e. The third kappa shape index (κ3) is 3.85. The third-order valence-electron chi connectivity index (χ3n) is 1.57. The quantitative estimate of drug-likeness (QED) is 0.618. The molecule has 0 aliphatic heterocycles. The topological polar surface area (TPSA) is 71.4 Å². The molecule has 0 aromatic heterocycles. The van der Waals surface area contributed by atoms with E-state index < -0.39 is 17.7 Å². The summed E-state index contributed by atoms with van der Waals surface area (Å²) in [6, 6.07) is 0. The lowest BCUT2D eigenvalue weighted by atomic mass is 9.98. The molecule has 0 spiro atoms. The van der Waals surface area contributed by atoms with Gasteiger partial charge in [0.15, 0.2) is 0 Å². The third-order valence-corrected chi connectivity index (χ3v) is 1.57. The van der Waals surface area contributed by atoms with Crippen LogP contribution in [0.3, 0.4) is 0 Å². The molecular weight excluding hydrogens is 160 g/mol. The molecule has 0 heterocycles. The molecule has 0 aliphatic rings. The number of hydrogen-bond acceptors (Lipinski definition) is 3. The lowest BCUT2D eigenvalue weighted by Gasteiger charge is -2.05. The van der Waals surface area contributed by atoms with E-state index in [0.717, 1.165) is 0 Å². The second-order valence-electron chi connectivity index (χ2n) is 2.74. The molecule has 1 unspecified atom stereocenters. The van der Waals surface area contributed by atoms with Gasteiger partial charge in [0, 0.05) is 6.42 Å². The fourth-order valence-electron chi connectivity index (χ4n) is 0.848. The van der Waals surface area contributed by atoms with Crippen molar-refractivity contribution in [3.05, 3.63) is 0 Å². The number of Topliss-reactive ketones (excluding diaryl/α,β-unsaturated/α-hetero) is 2. The molecule has 0 aromatic carbocycles. The second kappa shape index (κ2) is 4.64. The van der Waals surface area contributed by atoms with Crippen LogP contribution in [0.15, 0.2) is 0 Å². The highest BCUT2D eigenvalue weighted by molar-refractivity contribution is 5.97. The highest BCUT2D eigenvalue weighted by atomic mass is 16.4. The first-order valence-electron chi connectivity index (χ1n) is 3.68. The summed E-state index contributed by atoms with van der Waals surface area (Å²) in [5.41, 5.74) is 0. The van der Waals surface area contributed by atoms with Crippen LogP contribution in [0.2, 0.25) is 0 Å². The summed E-state index contributed by atoms with van der Waals surface area (Å²) < 4.78 is 0. The molecule has 0 aromatic rings. The van der Waals surface area contributed by atoms with E-state index in [9.17, 15) is 14.4 Å². The van der Waals surface area contributed by atoms with E-state index in [2.05, 4.69) is 0 Å². The summed E-state index contributed by atoms with van der Waals surface area (Å²) in [5, 5.41) is 8.52. The Labute approximate surface area is 70.6 Å². The van der Waals surface area contributed by atoms with Gasteiger partial charge in [-0.15, -0.1) is 0 Å². The lowest BCUT2D eigenvalue weighted by molar-refractivity contribution is -0.146. The minimum atomic E-state index is -1.15. The van der Waals surface area contributed by atoms with Crippen LogP contribution in [-0.2, 0) is 14.4 Å². The molecular formula is C8H12O4. The van der Waals surface area contributed by atoms with Gasteiger partial charge in [0.2, 0.25) is 0 Å². The molecule has 0 fully saturated rings. The van der Waals surface area contributed by atoms with Crippen LogP contribution in [-0.4, -0.2) is 22.6 Å². The van der Waals surface area contributed by atoms with E-state index in [1.165, 1.54) is 13.8 Å². The summed E-state index contributed by atoms with van der Waals surface area (Å²) in [6.07, 6.45) is 0.260. The largest absolute Gasteiger partial charge is 0.481 e. The molecule has 0 amide bonds. The Balaban J connectivity index is 4.06. The monoisotopic (exact) mass is 172 g/mol. The van der Waals surface area contributed by atoms with Crippen molar-refractivity contribution in [1.82, 2.24) is 0 Å². The van der Waals surface area contributed by atoms with Gasteiger partial charge in [-0.2, -0.15) is 0 Å². The van der Waals surface area contributed by atoms with Crippen LogP contribution in [0.5, 0.6) is 0 Å². The molecule has 12 heavy (non-hydrogen) atoms. The van der Waals surface area contributed by atoms with E-state index in [4.69, 9.17) is 5.11 Å². The molecule has 0 bridgehead atoms. The van der Waals surface area contributed by atoms with E-state index in [-0.39, 0.29) is 18.6 Å². The van der Waals surface area contributed by atoms with Gasteiger partial charge in [-0.1, -0.05) is 0 Å². The number of carbonyl (C=O) groups excluding carboxylic acids is 2. The molecule has 68 valence electrons. The second-order valence-corrected chi connectivity index (χ2v) is 2.74. The highest BCUT2D eigenvalue weighted by Crippen LogP contribution is 2.08. The van der Waals surface area contributed by atoms with Crippen LogP contribution in [0.4, 0.5) is 0 Å². The van der Waals surface area contributed by atoms with Gasteiger partial charge in [0.1, 0.15) is 17.5 Å². The summed E-state index contributed by atoms with van der Waals surface area (Å²) >= 11 is 0. The molecule has 0 rings (SSSR count). The number of ketones is 2. The number of carboxylic acids is 1. The fourth-order valence-corrected chi connectivity index (χ4v) is 0.848. The molecule has 0 saturated heterocycles. The summed E-state index contributed by atoms with van der Waals surface area (Å²) in [6.45, 7) is 2.60. The Kier molecular flexibility index (Phi) is 4.18. The zero-order valence-corrected chi connectivity index (χ0v) is 7.16. The van der Waals surface area contributed by atoms with Gasteiger partial charge in [-0.3, -0.25) is 9.59 Å². The van der Waals surface area contributed by atoms with Crippen LogP contribution in [0, 0.1) is 5.92 Å². The van der Waals surface area contributed by atoms with Gasteiger partial charge < -0.3 is 9.90 Å². The van der Waals surface area contributed by atoms with Crippen LogP contribution in [0.25, 0.3) is 0 Å². The van der Waals surface area contributed by atoms with E-state index in [1.54, 1.807) is 0 Å². The fraction of sp³-hybridized carbons (Fsp3) is 0.625. The van der Waals surface area contributed by atoms with Crippen molar-refractivity contribution in [3.8, 4) is 0 Å². The lowest BCUT2D eigenvalue weighted by Crippen LogP contribution is -2.21. The number of carbonyl (C=O) groups is 3. The average Bonchev–Trinajstić information content (AvgIpc) is 1.84. The van der Waals surface area contributed by atoms with Gasteiger partial charge in [-0.05, 0) is 20.3 Å². The standard InChI is InChI=1S/C8H12O4/c1-5(9)3-4-7(6(2)10)8(11)12/h7H,3-4H2,1-2H3,(H,11,12). The SMILES string of the molecule is CC(=O)CCC(C(C)=O)C(=O)O. The van der Waals surface area contributed by atoms with E-state index >= 15 is 0 Å². The predicted molar refractivity (Wildman–Crippen MR) is 41.7 cm³/mol. The van der Waals surface area contributed by atoms with Crippen molar-refractivity contribution >= 4 is 17.5 Å². The van der Waals surface area contributed by atoms with Crippen molar-refractivity contribution in [2.45, 2.75) is 26.7 Å². The Morgan fingerprint density at radius 3 is 2.00 bits per heavy atom. The number of carboxylic acid groups (broad SMARTS) is 1. The number of hydrogen-bond donors (Lipinski definition) is 1. The molecule has 0 saturated carbocycles. The predicted octanol–water partition coefficient (Wildman–Crippen LogP) is 0.645. The first-order valence-corrected chi connectivity index (χ1v) is 3.68. The van der Waals surface area contributed by atoms with Gasteiger partial charge in [-0.25, -0.2) is 0 Å². The van der Waals surface area contributed by atoms with Crippen molar-refractivity contribution < 1.29 is 19.5 Å². The van der Waals surface area contributed by atoms with Crippen LogP contribution < -0.4 is 0 Å². The molecule has 1 N–H and O–H groups in total. The van der Waals surface area contributed by atoms with Crippen LogP contribution >= 0.6 is 0 Å². The van der Waals surface area contributed by atoms with Gasteiger partial charge in [0.25, 0.3) is 0 Å². The first-order chi connectivity index (χ1) is 5.45. The number of rotatable bonds is 5. The maximum Gasteiger partial charge on any atom is 0.314 e. The number of aliphatic carboxylic acids is 1. The van der Waals surface area contributed by atoms with Crippen molar-refractivity contribution in [1.29, 1.82) is 0 Å². The first kappa shape index (κ1) is 10.8. The minimum Gasteiger partial charge on any atom is -0.481 e. The Morgan fingerprint density at radius 2 is 1.75 bits per heavy atom. The van der Waals surface area contributed by atoms with Crippen molar-refractivity contribution in [2.75, 3.05) is 0 Å². The van der Waals surface area contributed by atoms with E-state index in [0.29, 0.717) is 0 Å². The zero-order valence-electron chi connectivity index (χ0n) is 7.16. The molecule has 1 atom stereocenters. The minimum absolute atomic E-state index is 0.0949. The highest BCUT2D eigenvalue weighted by Gasteiger charge is 2.22. The molecule has 4 heteroatoms. The Bertz CT molecular complexity index is 193. The molecule has 4 nitrogen and oxygen atoms in total. The molecule has 0 aliphatic carbocycles. The molecule has 0 radical (unpaired) electrons. The maximum absolute atomic E-state index is 10.7. The van der Waals surface area contributed by atoms with Gasteiger partial charge >= 0.3 is 5.97 Å². The normalized spacial score (nSPS) is 12.2. The van der Waals surface area contributed by atoms with Crippen molar-refractivity contribution in [3.63, 3.8) is 0 Å². The Morgan fingerprint density at radius 1 is 1.25 bits per heavy atom. The van der Waals surface area contributed by atoms with E-state index in [1.807, 2.05) is 0 Å². The van der Waals surface area contributed by atoms with Crippen LogP contribution in [0.1, 0.15) is 26.7 Å². The Hall–Kier alpha value is -1.19. The summed E-state index contributed by atoms with van der Waals surface area (Å²) in [7, 11) is 0. The summed E-state index contributed by atoms with van der Waals surface area (Å²) in [5.74, 6) is -2.66. The van der Waals surface area contributed by atoms with Crippen molar-refractivity contribution in [2.24, 2.45) is 5.92 Å².